The number of methoxy groups -OCH3 is 1. The molecule has 0 aliphatic carbocycles. The Balaban J connectivity index is 1.25. The molecule has 148 valence electrons. The van der Waals surface area contributed by atoms with Gasteiger partial charge in [-0.15, -0.1) is 0 Å². The van der Waals surface area contributed by atoms with E-state index in [1.54, 1.807) is 7.11 Å². The monoisotopic (exact) mass is 380 g/mol. The van der Waals surface area contributed by atoms with Gasteiger partial charge >= 0.3 is 0 Å². The number of nitrogens with one attached hydrogen (secondary N) is 1. The van der Waals surface area contributed by atoms with E-state index in [0.717, 1.165) is 66.9 Å². The SMILES string of the molecule is COc1cccc(C2(O)CCN(CCCOc3cccc4[nH]ccc34)CC2)c1. The van der Waals surface area contributed by atoms with Gasteiger partial charge in [-0.2, -0.15) is 0 Å². The van der Waals surface area contributed by atoms with Crippen LogP contribution in [0.3, 0.4) is 0 Å². The number of H-pyrrole nitrogens is 1. The summed E-state index contributed by atoms with van der Waals surface area (Å²) in [6, 6.07) is 15.9. The van der Waals surface area contributed by atoms with Crippen LogP contribution < -0.4 is 9.47 Å². The summed E-state index contributed by atoms with van der Waals surface area (Å²) >= 11 is 0. The molecule has 1 aliphatic rings. The summed E-state index contributed by atoms with van der Waals surface area (Å²) in [6.07, 6.45) is 4.39. The summed E-state index contributed by atoms with van der Waals surface area (Å²) in [4.78, 5) is 5.62. The number of piperidine rings is 1. The maximum absolute atomic E-state index is 11.1. The topological polar surface area (TPSA) is 57.7 Å². The van der Waals surface area contributed by atoms with E-state index in [2.05, 4.69) is 22.0 Å². The lowest BCUT2D eigenvalue weighted by Gasteiger charge is -2.38. The largest absolute Gasteiger partial charge is 0.497 e. The Morgan fingerprint density at radius 3 is 2.75 bits per heavy atom. The molecule has 0 bridgehead atoms. The zero-order valence-corrected chi connectivity index (χ0v) is 16.4. The second-order valence-electron chi connectivity index (χ2n) is 7.50. The van der Waals surface area contributed by atoms with Crippen molar-refractivity contribution in [1.29, 1.82) is 0 Å². The fourth-order valence-electron chi connectivity index (χ4n) is 4.00. The van der Waals surface area contributed by atoms with Crippen molar-refractivity contribution in [1.82, 2.24) is 9.88 Å². The van der Waals surface area contributed by atoms with Crippen molar-refractivity contribution >= 4 is 10.9 Å². The minimum atomic E-state index is -0.758. The third-order valence-corrected chi connectivity index (χ3v) is 5.72. The summed E-state index contributed by atoms with van der Waals surface area (Å²) in [5, 5.41) is 12.2. The lowest BCUT2D eigenvalue weighted by molar-refractivity contribution is -0.0266. The molecule has 5 nitrogen and oxygen atoms in total. The minimum Gasteiger partial charge on any atom is -0.497 e. The highest BCUT2D eigenvalue weighted by Crippen LogP contribution is 2.34. The Morgan fingerprint density at radius 1 is 1.11 bits per heavy atom. The van der Waals surface area contributed by atoms with Crippen molar-refractivity contribution in [2.45, 2.75) is 24.9 Å². The fourth-order valence-corrected chi connectivity index (χ4v) is 4.00. The fraction of sp³-hybridized carbons (Fsp3) is 0.391. The first-order valence-corrected chi connectivity index (χ1v) is 9.96. The molecule has 3 aromatic rings. The van der Waals surface area contributed by atoms with Crippen LogP contribution in [0.25, 0.3) is 10.9 Å². The molecule has 0 amide bonds. The minimum absolute atomic E-state index is 0.695. The van der Waals surface area contributed by atoms with Crippen LogP contribution in [0.5, 0.6) is 11.5 Å². The Morgan fingerprint density at radius 2 is 1.93 bits per heavy atom. The standard InChI is InChI=1S/C23H28N2O3/c1-27-19-6-2-5-18(17-19)23(26)10-14-25(15-11-23)13-4-16-28-22-8-3-7-21-20(22)9-12-24-21/h2-3,5-9,12,17,24,26H,4,10-11,13-16H2,1H3. The van der Waals surface area contributed by atoms with Gasteiger partial charge in [-0.3, -0.25) is 0 Å². The van der Waals surface area contributed by atoms with Crippen molar-refractivity contribution in [3.05, 3.63) is 60.3 Å². The summed E-state index contributed by atoms with van der Waals surface area (Å²) in [7, 11) is 1.66. The van der Waals surface area contributed by atoms with Crippen LogP contribution in [-0.2, 0) is 5.60 Å². The van der Waals surface area contributed by atoms with Crippen molar-refractivity contribution in [2.24, 2.45) is 0 Å². The molecule has 0 spiro atoms. The van der Waals surface area contributed by atoms with Crippen molar-refractivity contribution < 1.29 is 14.6 Å². The number of likely N-dealkylation sites (tertiary alicyclic amines) is 1. The summed E-state index contributed by atoms with van der Waals surface area (Å²) in [5.74, 6) is 1.73. The number of rotatable bonds is 7. The molecule has 2 N–H and O–H groups in total. The van der Waals surface area contributed by atoms with Crippen LogP contribution in [0.2, 0.25) is 0 Å². The van der Waals surface area contributed by atoms with Crippen LogP contribution in [-0.4, -0.2) is 48.3 Å². The van der Waals surface area contributed by atoms with E-state index in [9.17, 15) is 5.11 Å². The smallest absolute Gasteiger partial charge is 0.128 e. The molecule has 0 unspecified atom stereocenters. The van der Waals surface area contributed by atoms with Crippen molar-refractivity contribution in [3.8, 4) is 11.5 Å². The first-order valence-electron chi connectivity index (χ1n) is 9.96. The van der Waals surface area contributed by atoms with E-state index >= 15 is 0 Å². The lowest BCUT2D eigenvalue weighted by atomic mass is 9.84. The third kappa shape index (κ3) is 4.01. The van der Waals surface area contributed by atoms with Gasteiger partial charge < -0.3 is 24.5 Å². The number of nitrogens with zero attached hydrogens (tertiary/aromatic N) is 1. The van der Waals surface area contributed by atoms with E-state index in [1.165, 1.54) is 0 Å². The van der Waals surface area contributed by atoms with Crippen LogP contribution in [0.15, 0.2) is 54.7 Å². The van der Waals surface area contributed by atoms with Gasteiger partial charge in [0.05, 0.1) is 19.3 Å². The Bertz CT molecular complexity index is 913. The molecular weight excluding hydrogens is 352 g/mol. The number of hydrogen-bond donors (Lipinski definition) is 2. The second-order valence-corrected chi connectivity index (χ2v) is 7.50. The maximum atomic E-state index is 11.1. The van der Waals surface area contributed by atoms with E-state index < -0.39 is 5.60 Å². The quantitative estimate of drug-likeness (QED) is 0.610. The molecule has 1 aromatic heterocycles. The molecular formula is C23H28N2O3. The van der Waals surface area contributed by atoms with Gasteiger partial charge in [0.15, 0.2) is 0 Å². The number of hydrogen-bond acceptors (Lipinski definition) is 4. The maximum Gasteiger partial charge on any atom is 0.128 e. The molecule has 0 saturated carbocycles. The zero-order valence-electron chi connectivity index (χ0n) is 16.4. The Hall–Kier alpha value is -2.50. The molecule has 1 saturated heterocycles. The van der Waals surface area contributed by atoms with Gasteiger partial charge in [-0.1, -0.05) is 18.2 Å². The molecule has 2 heterocycles. The molecule has 1 fully saturated rings. The number of fused-ring (bicyclic) bond motifs is 1. The Labute approximate surface area is 165 Å². The van der Waals surface area contributed by atoms with Crippen molar-refractivity contribution in [2.75, 3.05) is 33.4 Å². The van der Waals surface area contributed by atoms with Crippen molar-refractivity contribution in [3.63, 3.8) is 0 Å². The number of ether oxygens (including phenoxy) is 2. The summed E-state index contributed by atoms with van der Waals surface area (Å²) < 4.78 is 11.3. The van der Waals surface area contributed by atoms with Gasteiger partial charge in [-0.05, 0) is 55.2 Å². The molecule has 0 radical (unpaired) electrons. The van der Waals surface area contributed by atoms with E-state index in [1.807, 2.05) is 42.6 Å². The Kier molecular flexibility index (Phi) is 5.55. The predicted molar refractivity (Wildman–Crippen MR) is 111 cm³/mol. The van der Waals surface area contributed by atoms with Gasteiger partial charge in [0.2, 0.25) is 0 Å². The number of aromatic nitrogens is 1. The predicted octanol–water partition coefficient (Wildman–Crippen LogP) is 3.93. The first-order chi connectivity index (χ1) is 13.7. The van der Waals surface area contributed by atoms with Crippen LogP contribution >= 0.6 is 0 Å². The van der Waals surface area contributed by atoms with Gasteiger partial charge in [0.1, 0.15) is 11.5 Å². The van der Waals surface area contributed by atoms with E-state index in [4.69, 9.17) is 9.47 Å². The lowest BCUT2D eigenvalue weighted by Crippen LogP contribution is -2.43. The highest BCUT2D eigenvalue weighted by atomic mass is 16.5. The van der Waals surface area contributed by atoms with E-state index in [-0.39, 0.29) is 0 Å². The molecule has 1 aliphatic heterocycles. The first kappa shape index (κ1) is 18.8. The van der Waals surface area contributed by atoms with Gasteiger partial charge in [0, 0.05) is 36.7 Å². The van der Waals surface area contributed by atoms with Crippen LogP contribution in [0.1, 0.15) is 24.8 Å². The number of aromatic amines is 1. The summed E-state index contributed by atoms with van der Waals surface area (Å²) in [5.41, 5.74) is 1.30. The van der Waals surface area contributed by atoms with Gasteiger partial charge in [0.25, 0.3) is 0 Å². The van der Waals surface area contributed by atoms with E-state index in [0.29, 0.717) is 6.61 Å². The molecule has 2 aromatic carbocycles. The molecule has 0 atom stereocenters. The van der Waals surface area contributed by atoms with Crippen LogP contribution in [0.4, 0.5) is 0 Å². The zero-order chi connectivity index (χ0) is 19.4. The van der Waals surface area contributed by atoms with Gasteiger partial charge in [-0.25, -0.2) is 0 Å². The molecule has 4 rings (SSSR count). The van der Waals surface area contributed by atoms with Crippen LogP contribution in [0, 0.1) is 0 Å². The average Bonchev–Trinajstić information content (AvgIpc) is 3.22. The number of benzene rings is 2. The highest BCUT2D eigenvalue weighted by Gasteiger charge is 2.34. The molecule has 5 heteroatoms. The third-order valence-electron chi connectivity index (χ3n) is 5.72. The number of aliphatic hydroxyl groups is 1. The highest BCUT2D eigenvalue weighted by molar-refractivity contribution is 5.85. The summed E-state index contributed by atoms with van der Waals surface area (Å²) in [6.45, 7) is 3.46. The average molecular weight is 380 g/mol. The molecule has 28 heavy (non-hydrogen) atoms. The second kappa shape index (κ2) is 8.25. The normalized spacial score (nSPS) is 16.9.